The molecular weight excluding hydrogens is 164 g/mol. The molecule has 68 valence electrons. The Balaban J connectivity index is 2.62. The van der Waals surface area contributed by atoms with Gasteiger partial charge in [0.05, 0.1) is 0 Å². The quantitative estimate of drug-likeness (QED) is 0.662. The van der Waals surface area contributed by atoms with Gasteiger partial charge in [0.25, 0.3) is 5.78 Å². The number of fused-ring (bicyclic) bond motifs is 1. The van der Waals surface area contributed by atoms with Crippen LogP contribution in [0.25, 0.3) is 5.78 Å². The van der Waals surface area contributed by atoms with Crippen molar-refractivity contribution in [3.63, 3.8) is 0 Å². The van der Waals surface area contributed by atoms with E-state index < -0.39 is 0 Å². The van der Waals surface area contributed by atoms with Crippen LogP contribution in [-0.2, 0) is 0 Å². The fourth-order valence-electron chi connectivity index (χ4n) is 1.14. The predicted molar refractivity (Wildman–Crippen MR) is 49.6 cm³/mol. The Bertz CT molecular complexity index is 430. The molecular formula is C9H12N4. The first-order valence-electron chi connectivity index (χ1n) is 4.36. The van der Waals surface area contributed by atoms with Crippen molar-refractivity contribution in [2.24, 2.45) is 0 Å². The normalized spacial score (nSPS) is 11.4. The van der Waals surface area contributed by atoms with Crippen molar-refractivity contribution in [1.82, 2.24) is 19.6 Å². The fraction of sp³-hybridized carbons (Fsp3) is 0.444. The van der Waals surface area contributed by atoms with Gasteiger partial charge in [-0.25, -0.2) is 9.50 Å². The van der Waals surface area contributed by atoms with Crippen LogP contribution >= 0.6 is 0 Å². The van der Waals surface area contributed by atoms with E-state index in [0.717, 1.165) is 11.4 Å². The van der Waals surface area contributed by atoms with Crippen molar-refractivity contribution in [1.29, 1.82) is 0 Å². The molecule has 0 N–H and O–H groups in total. The zero-order chi connectivity index (χ0) is 9.42. The van der Waals surface area contributed by atoms with E-state index >= 15 is 0 Å². The highest BCUT2D eigenvalue weighted by molar-refractivity contribution is 5.27. The molecule has 2 rings (SSSR count). The van der Waals surface area contributed by atoms with Gasteiger partial charge in [-0.15, -0.1) is 5.10 Å². The average Bonchev–Trinajstić information content (AvgIpc) is 2.46. The van der Waals surface area contributed by atoms with E-state index in [0.29, 0.717) is 11.7 Å². The Morgan fingerprint density at radius 2 is 2.15 bits per heavy atom. The molecule has 0 aliphatic rings. The molecule has 0 bridgehead atoms. The van der Waals surface area contributed by atoms with Crippen molar-refractivity contribution in [3.8, 4) is 0 Å². The van der Waals surface area contributed by atoms with Gasteiger partial charge in [-0.05, 0) is 12.5 Å². The first kappa shape index (κ1) is 8.16. The molecule has 0 aromatic carbocycles. The molecule has 0 fully saturated rings. The Morgan fingerprint density at radius 3 is 2.85 bits per heavy atom. The first-order valence-corrected chi connectivity index (χ1v) is 4.36. The molecule has 0 spiro atoms. The van der Waals surface area contributed by atoms with E-state index in [1.807, 2.05) is 13.1 Å². The van der Waals surface area contributed by atoms with Crippen LogP contribution in [0.4, 0.5) is 0 Å². The van der Waals surface area contributed by atoms with Crippen molar-refractivity contribution < 1.29 is 0 Å². The summed E-state index contributed by atoms with van der Waals surface area (Å²) in [7, 11) is 0. The zero-order valence-corrected chi connectivity index (χ0v) is 8.02. The first-order chi connectivity index (χ1) is 6.16. The van der Waals surface area contributed by atoms with Gasteiger partial charge in [-0.3, -0.25) is 0 Å². The van der Waals surface area contributed by atoms with Gasteiger partial charge in [0.1, 0.15) is 0 Å². The number of nitrogens with zero attached hydrogens (tertiary/aromatic N) is 4. The molecule has 4 heteroatoms. The second-order valence-electron chi connectivity index (χ2n) is 3.50. The summed E-state index contributed by atoms with van der Waals surface area (Å²) in [5, 5.41) is 4.32. The minimum Gasteiger partial charge on any atom is -0.219 e. The summed E-state index contributed by atoms with van der Waals surface area (Å²) in [4.78, 5) is 8.47. The maximum Gasteiger partial charge on any atom is 0.252 e. The molecule has 4 nitrogen and oxygen atoms in total. The van der Waals surface area contributed by atoms with Gasteiger partial charge >= 0.3 is 0 Å². The van der Waals surface area contributed by atoms with Crippen LogP contribution < -0.4 is 0 Å². The minimum atomic E-state index is 0.349. The summed E-state index contributed by atoms with van der Waals surface area (Å²) in [6.45, 7) is 6.13. The Labute approximate surface area is 76.6 Å². The third-order valence-electron chi connectivity index (χ3n) is 1.86. The number of aromatic nitrogens is 4. The van der Waals surface area contributed by atoms with E-state index in [9.17, 15) is 0 Å². The lowest BCUT2D eigenvalue weighted by Gasteiger charge is -1.93. The second-order valence-corrected chi connectivity index (χ2v) is 3.50. The van der Waals surface area contributed by atoms with Crippen LogP contribution in [0.2, 0.25) is 0 Å². The maximum absolute atomic E-state index is 4.32. The average molecular weight is 176 g/mol. The molecule has 2 aromatic rings. The highest BCUT2D eigenvalue weighted by Gasteiger charge is 2.07. The third-order valence-corrected chi connectivity index (χ3v) is 1.86. The van der Waals surface area contributed by atoms with Gasteiger partial charge in [0.15, 0.2) is 5.82 Å². The molecule has 0 radical (unpaired) electrons. The third kappa shape index (κ3) is 1.39. The van der Waals surface area contributed by atoms with E-state index in [-0.39, 0.29) is 0 Å². The zero-order valence-electron chi connectivity index (χ0n) is 8.02. The summed E-state index contributed by atoms with van der Waals surface area (Å²) >= 11 is 0. The van der Waals surface area contributed by atoms with E-state index in [1.165, 1.54) is 0 Å². The summed E-state index contributed by atoms with van der Waals surface area (Å²) in [5.41, 5.74) is 1.09. The molecule has 0 atom stereocenters. The maximum atomic E-state index is 4.32. The van der Waals surface area contributed by atoms with Crippen LogP contribution in [0, 0.1) is 6.92 Å². The molecule has 0 saturated carbocycles. The molecule has 2 heterocycles. The Kier molecular flexibility index (Phi) is 1.76. The van der Waals surface area contributed by atoms with Gasteiger partial charge in [-0.1, -0.05) is 13.8 Å². The van der Waals surface area contributed by atoms with Crippen LogP contribution in [-0.4, -0.2) is 19.6 Å². The van der Waals surface area contributed by atoms with Crippen molar-refractivity contribution in [3.05, 3.63) is 23.8 Å². The number of hydrogen-bond donors (Lipinski definition) is 0. The standard InChI is InChI=1S/C9H12N4/c1-6(2)8-11-9-10-4-7(3)5-13(9)12-8/h4-6H,1-3H3. The van der Waals surface area contributed by atoms with E-state index in [2.05, 4.69) is 28.9 Å². The smallest absolute Gasteiger partial charge is 0.219 e. The Morgan fingerprint density at radius 1 is 1.38 bits per heavy atom. The highest BCUT2D eigenvalue weighted by atomic mass is 15.3. The number of aryl methyl sites for hydroxylation is 1. The number of hydrogen-bond acceptors (Lipinski definition) is 3. The Hall–Kier alpha value is -1.45. The molecule has 0 aliphatic carbocycles. The van der Waals surface area contributed by atoms with Gasteiger partial charge in [0, 0.05) is 18.3 Å². The largest absolute Gasteiger partial charge is 0.252 e. The highest BCUT2D eigenvalue weighted by Crippen LogP contribution is 2.09. The van der Waals surface area contributed by atoms with Crippen LogP contribution in [0.5, 0.6) is 0 Å². The SMILES string of the molecule is Cc1cnc2nc(C(C)C)nn2c1. The topological polar surface area (TPSA) is 43.1 Å². The summed E-state index contributed by atoms with van der Waals surface area (Å²) < 4.78 is 1.73. The molecule has 0 unspecified atom stereocenters. The molecule has 0 amide bonds. The van der Waals surface area contributed by atoms with Gasteiger partial charge in [0.2, 0.25) is 0 Å². The minimum absolute atomic E-state index is 0.349. The summed E-state index contributed by atoms with van der Waals surface area (Å²) in [6, 6.07) is 0. The molecule has 2 aromatic heterocycles. The lowest BCUT2D eigenvalue weighted by molar-refractivity contribution is 0.764. The van der Waals surface area contributed by atoms with Crippen molar-refractivity contribution in [2.45, 2.75) is 26.7 Å². The van der Waals surface area contributed by atoms with E-state index in [1.54, 1.807) is 10.7 Å². The summed E-state index contributed by atoms with van der Waals surface area (Å²) in [6.07, 6.45) is 3.73. The molecule has 0 saturated heterocycles. The number of rotatable bonds is 1. The molecule has 13 heavy (non-hydrogen) atoms. The van der Waals surface area contributed by atoms with Crippen molar-refractivity contribution >= 4 is 5.78 Å². The molecule has 0 aliphatic heterocycles. The predicted octanol–water partition coefficient (Wildman–Crippen LogP) is 1.56. The van der Waals surface area contributed by atoms with Crippen molar-refractivity contribution in [2.75, 3.05) is 0 Å². The van der Waals surface area contributed by atoms with Crippen LogP contribution in [0.15, 0.2) is 12.4 Å². The van der Waals surface area contributed by atoms with Crippen LogP contribution in [0.1, 0.15) is 31.2 Å². The summed E-state index contributed by atoms with van der Waals surface area (Å²) in [5.74, 6) is 1.87. The van der Waals surface area contributed by atoms with Crippen LogP contribution in [0.3, 0.4) is 0 Å². The monoisotopic (exact) mass is 176 g/mol. The van der Waals surface area contributed by atoms with Gasteiger partial charge < -0.3 is 0 Å². The fourth-order valence-corrected chi connectivity index (χ4v) is 1.14. The second kappa shape index (κ2) is 2.80. The van der Waals surface area contributed by atoms with E-state index in [4.69, 9.17) is 0 Å². The lowest BCUT2D eigenvalue weighted by atomic mass is 10.2. The van der Waals surface area contributed by atoms with Gasteiger partial charge in [-0.2, -0.15) is 4.98 Å². The lowest BCUT2D eigenvalue weighted by Crippen LogP contribution is -1.92.